The first-order chi connectivity index (χ1) is 9.53. The van der Waals surface area contributed by atoms with Crippen molar-refractivity contribution in [3.8, 4) is 0 Å². The Kier molecular flexibility index (Phi) is 3.26. The fraction of sp³-hybridized carbons (Fsp3) is 0.857. The largest absolute Gasteiger partial charge is 0.481 e. The molecule has 0 radical (unpaired) electrons. The zero-order valence-electron chi connectivity index (χ0n) is 12.1. The molecular formula is C14H22N4O2. The van der Waals surface area contributed by atoms with E-state index in [9.17, 15) is 9.90 Å². The average molecular weight is 278 g/mol. The maximum Gasteiger partial charge on any atom is 0.311 e. The fourth-order valence-electron chi connectivity index (χ4n) is 3.81. The Morgan fingerprint density at radius 2 is 2.25 bits per heavy atom. The molecule has 1 aromatic rings. The zero-order valence-corrected chi connectivity index (χ0v) is 12.1. The SMILES string of the molecule is CCC(C)(Cn1nnnc1C1CC2CCC1C2)C(=O)O. The number of hydrogen-bond acceptors (Lipinski definition) is 4. The van der Waals surface area contributed by atoms with Crippen molar-refractivity contribution in [1.29, 1.82) is 0 Å². The maximum atomic E-state index is 11.5. The molecule has 2 saturated carbocycles. The second-order valence-corrected chi connectivity index (χ2v) is 6.70. The van der Waals surface area contributed by atoms with E-state index in [0.717, 1.165) is 11.7 Å². The van der Waals surface area contributed by atoms with E-state index >= 15 is 0 Å². The predicted octanol–water partition coefficient (Wildman–Crippen LogP) is 2.08. The second kappa shape index (κ2) is 4.82. The molecule has 6 nitrogen and oxygen atoms in total. The molecule has 4 atom stereocenters. The van der Waals surface area contributed by atoms with Gasteiger partial charge in [0.15, 0.2) is 5.82 Å². The second-order valence-electron chi connectivity index (χ2n) is 6.70. The Bertz CT molecular complexity index is 515. The van der Waals surface area contributed by atoms with Gasteiger partial charge >= 0.3 is 5.97 Å². The number of tetrazole rings is 1. The summed E-state index contributed by atoms with van der Waals surface area (Å²) in [5.41, 5.74) is -0.804. The highest BCUT2D eigenvalue weighted by Gasteiger charge is 2.43. The van der Waals surface area contributed by atoms with Crippen LogP contribution in [0.25, 0.3) is 0 Å². The molecule has 1 aromatic heterocycles. The molecule has 2 aliphatic carbocycles. The van der Waals surface area contributed by atoms with E-state index in [2.05, 4.69) is 15.5 Å². The van der Waals surface area contributed by atoms with E-state index in [1.807, 2.05) is 6.92 Å². The third kappa shape index (κ3) is 2.11. The molecule has 2 fully saturated rings. The topological polar surface area (TPSA) is 80.9 Å². The Morgan fingerprint density at radius 1 is 1.45 bits per heavy atom. The van der Waals surface area contributed by atoms with Gasteiger partial charge in [0, 0.05) is 5.92 Å². The Balaban J connectivity index is 1.82. The van der Waals surface area contributed by atoms with Crippen molar-refractivity contribution >= 4 is 5.97 Å². The van der Waals surface area contributed by atoms with Gasteiger partial charge in [0.1, 0.15) is 0 Å². The van der Waals surface area contributed by atoms with E-state index in [1.165, 1.54) is 25.7 Å². The lowest BCUT2D eigenvalue weighted by Crippen LogP contribution is -2.33. The third-order valence-electron chi connectivity index (χ3n) is 5.42. The minimum atomic E-state index is -0.804. The van der Waals surface area contributed by atoms with Gasteiger partial charge < -0.3 is 5.11 Å². The standard InChI is InChI=1S/C14H22N4O2/c1-3-14(2,13(19)20)8-18-12(15-16-17-18)11-7-9-4-5-10(11)6-9/h9-11H,3-8H2,1-2H3,(H,19,20). The molecule has 0 amide bonds. The number of hydrogen-bond donors (Lipinski definition) is 1. The first-order valence-corrected chi connectivity index (χ1v) is 7.53. The van der Waals surface area contributed by atoms with Gasteiger partial charge in [-0.3, -0.25) is 4.79 Å². The van der Waals surface area contributed by atoms with E-state index in [1.54, 1.807) is 11.6 Å². The van der Waals surface area contributed by atoms with Crippen molar-refractivity contribution < 1.29 is 9.90 Å². The Hall–Kier alpha value is -1.46. The molecule has 0 aliphatic heterocycles. The van der Waals surface area contributed by atoms with Crippen LogP contribution in [0.4, 0.5) is 0 Å². The van der Waals surface area contributed by atoms with Crippen molar-refractivity contribution in [3.05, 3.63) is 5.82 Å². The molecule has 0 saturated heterocycles. The van der Waals surface area contributed by atoms with Crippen LogP contribution in [-0.4, -0.2) is 31.3 Å². The van der Waals surface area contributed by atoms with Crippen molar-refractivity contribution in [2.45, 2.75) is 58.4 Å². The summed E-state index contributed by atoms with van der Waals surface area (Å²) < 4.78 is 1.74. The van der Waals surface area contributed by atoms with Crippen molar-refractivity contribution in [3.63, 3.8) is 0 Å². The van der Waals surface area contributed by atoms with Crippen molar-refractivity contribution in [2.24, 2.45) is 17.3 Å². The van der Waals surface area contributed by atoms with Crippen LogP contribution in [0.3, 0.4) is 0 Å². The molecule has 0 spiro atoms. The molecule has 4 unspecified atom stereocenters. The molecular weight excluding hydrogens is 256 g/mol. The summed E-state index contributed by atoms with van der Waals surface area (Å²) in [5, 5.41) is 21.5. The van der Waals surface area contributed by atoms with Gasteiger partial charge in [-0.1, -0.05) is 13.3 Å². The predicted molar refractivity (Wildman–Crippen MR) is 72.0 cm³/mol. The summed E-state index contributed by atoms with van der Waals surface area (Å²) in [6, 6.07) is 0. The molecule has 6 heteroatoms. The van der Waals surface area contributed by atoms with Gasteiger partial charge in [0.2, 0.25) is 0 Å². The van der Waals surface area contributed by atoms with E-state index in [4.69, 9.17) is 0 Å². The van der Waals surface area contributed by atoms with Gasteiger partial charge in [-0.25, -0.2) is 4.68 Å². The lowest BCUT2D eigenvalue weighted by molar-refractivity contribution is -0.149. The fourth-order valence-corrected chi connectivity index (χ4v) is 3.81. The highest BCUT2D eigenvalue weighted by atomic mass is 16.4. The lowest BCUT2D eigenvalue weighted by Gasteiger charge is -2.25. The molecule has 1 heterocycles. The van der Waals surface area contributed by atoms with Crippen LogP contribution in [0.5, 0.6) is 0 Å². The number of fused-ring (bicyclic) bond motifs is 2. The average Bonchev–Trinajstić information content (AvgIpc) is 3.13. The number of nitrogens with zero attached hydrogens (tertiary/aromatic N) is 4. The smallest absolute Gasteiger partial charge is 0.311 e. The number of aromatic nitrogens is 4. The first kappa shape index (κ1) is 13.5. The molecule has 0 aromatic carbocycles. The first-order valence-electron chi connectivity index (χ1n) is 7.53. The summed E-state index contributed by atoms with van der Waals surface area (Å²) in [5.74, 6) is 2.07. The Morgan fingerprint density at radius 3 is 2.80 bits per heavy atom. The summed E-state index contributed by atoms with van der Waals surface area (Å²) in [6.07, 6.45) is 5.64. The number of carboxylic acid groups (broad SMARTS) is 1. The van der Waals surface area contributed by atoms with Crippen LogP contribution >= 0.6 is 0 Å². The van der Waals surface area contributed by atoms with Crippen LogP contribution in [-0.2, 0) is 11.3 Å². The minimum absolute atomic E-state index is 0.356. The van der Waals surface area contributed by atoms with Gasteiger partial charge in [-0.15, -0.1) is 5.10 Å². The number of rotatable bonds is 5. The number of aliphatic carboxylic acids is 1. The molecule has 1 N–H and O–H groups in total. The van der Waals surface area contributed by atoms with Crippen molar-refractivity contribution in [1.82, 2.24) is 20.2 Å². The molecule has 2 aliphatic rings. The summed E-state index contributed by atoms with van der Waals surface area (Å²) in [4.78, 5) is 11.5. The van der Waals surface area contributed by atoms with E-state index in [-0.39, 0.29) is 0 Å². The molecule has 20 heavy (non-hydrogen) atoms. The highest BCUT2D eigenvalue weighted by molar-refractivity contribution is 5.73. The number of carbonyl (C=O) groups is 1. The van der Waals surface area contributed by atoms with Gasteiger partial charge in [0.25, 0.3) is 0 Å². The van der Waals surface area contributed by atoms with Gasteiger partial charge in [0.05, 0.1) is 12.0 Å². The molecule has 3 rings (SSSR count). The van der Waals surface area contributed by atoms with Crippen molar-refractivity contribution in [2.75, 3.05) is 0 Å². The van der Waals surface area contributed by atoms with Gasteiger partial charge in [-0.2, -0.15) is 0 Å². The Labute approximate surface area is 118 Å². The van der Waals surface area contributed by atoms with Crippen LogP contribution < -0.4 is 0 Å². The zero-order chi connectivity index (χ0) is 14.3. The summed E-state index contributed by atoms with van der Waals surface area (Å²) in [6.45, 7) is 4.02. The number of carboxylic acids is 1. The van der Waals surface area contributed by atoms with Crippen LogP contribution in [0.15, 0.2) is 0 Å². The summed E-state index contributed by atoms with van der Waals surface area (Å²) in [7, 11) is 0. The highest BCUT2D eigenvalue weighted by Crippen LogP contribution is 2.52. The van der Waals surface area contributed by atoms with Crippen LogP contribution in [0.1, 0.15) is 57.7 Å². The van der Waals surface area contributed by atoms with E-state index < -0.39 is 11.4 Å². The quantitative estimate of drug-likeness (QED) is 0.891. The lowest BCUT2D eigenvalue weighted by atomic mass is 9.86. The van der Waals surface area contributed by atoms with Gasteiger partial charge in [-0.05, 0) is 54.9 Å². The molecule has 2 bridgehead atoms. The van der Waals surface area contributed by atoms with E-state index in [0.29, 0.717) is 24.8 Å². The minimum Gasteiger partial charge on any atom is -0.481 e. The van der Waals surface area contributed by atoms with Crippen LogP contribution in [0, 0.1) is 17.3 Å². The van der Waals surface area contributed by atoms with Crippen LogP contribution in [0.2, 0.25) is 0 Å². The maximum absolute atomic E-state index is 11.5. The normalized spacial score (nSPS) is 31.4. The molecule has 110 valence electrons. The summed E-state index contributed by atoms with van der Waals surface area (Å²) >= 11 is 0. The third-order valence-corrected chi connectivity index (χ3v) is 5.42. The monoisotopic (exact) mass is 278 g/mol.